The number of amides is 1. The largest absolute Gasteiger partial charge is 0.472 e. The van der Waals surface area contributed by atoms with E-state index in [2.05, 4.69) is 9.97 Å². The Morgan fingerprint density at radius 1 is 1.39 bits per heavy atom. The zero-order valence-electron chi connectivity index (χ0n) is 14.0. The van der Waals surface area contributed by atoms with Crippen LogP contribution in [-0.2, 0) is 14.3 Å². The molecule has 1 unspecified atom stereocenters. The molecule has 2 heterocycles. The molecule has 0 aliphatic carbocycles. The molecule has 23 heavy (non-hydrogen) atoms. The lowest BCUT2D eigenvalue weighted by Crippen LogP contribution is -2.53. The van der Waals surface area contributed by atoms with Crippen LogP contribution in [0.2, 0.25) is 0 Å². The van der Waals surface area contributed by atoms with Crippen LogP contribution in [0.5, 0.6) is 5.88 Å². The van der Waals surface area contributed by atoms with E-state index in [1.807, 2.05) is 0 Å². The Bertz CT molecular complexity index is 588. The normalized spacial score (nSPS) is 18.4. The average Bonchev–Trinajstić information content (AvgIpc) is 2.45. The molecule has 1 amide bonds. The number of hydrogen-bond donors (Lipinski definition) is 0. The maximum absolute atomic E-state index is 12.6. The summed E-state index contributed by atoms with van der Waals surface area (Å²) in [7, 11) is 0. The third-order valence-corrected chi connectivity index (χ3v) is 3.62. The molecule has 1 aliphatic rings. The number of likely N-dealkylation sites (tertiary alicyclic amines) is 1. The quantitative estimate of drug-likeness (QED) is 0.782. The number of carbonyl (C=O) groups excluding carboxylic acids is 2. The summed E-state index contributed by atoms with van der Waals surface area (Å²) in [5.41, 5.74) is -1.17. The summed E-state index contributed by atoms with van der Waals surface area (Å²) < 4.78 is 11.0. The molecule has 1 saturated heterocycles. The molecule has 1 atom stereocenters. The van der Waals surface area contributed by atoms with Crippen molar-refractivity contribution in [2.45, 2.75) is 52.2 Å². The summed E-state index contributed by atoms with van der Waals surface area (Å²) in [6.45, 7) is 7.39. The number of esters is 1. The molecular weight excluding hydrogens is 298 g/mol. The van der Waals surface area contributed by atoms with Crippen LogP contribution in [0.4, 0.5) is 0 Å². The maximum Gasteiger partial charge on any atom is 0.303 e. The number of rotatable bonds is 4. The summed E-state index contributed by atoms with van der Waals surface area (Å²) in [4.78, 5) is 33.7. The van der Waals surface area contributed by atoms with Gasteiger partial charge in [-0.2, -0.15) is 4.98 Å². The maximum atomic E-state index is 12.6. The van der Waals surface area contributed by atoms with Crippen molar-refractivity contribution in [1.29, 1.82) is 0 Å². The summed E-state index contributed by atoms with van der Waals surface area (Å²) in [5, 5.41) is 0. The minimum absolute atomic E-state index is 0.130. The number of ether oxygens (including phenoxy) is 2. The van der Waals surface area contributed by atoms with Gasteiger partial charge in [0.2, 0.25) is 5.88 Å². The summed E-state index contributed by atoms with van der Waals surface area (Å²) in [6.07, 6.45) is 3.19. The molecule has 2 rings (SSSR count). The van der Waals surface area contributed by atoms with Gasteiger partial charge in [0.05, 0.1) is 6.54 Å². The Morgan fingerprint density at radius 3 is 2.78 bits per heavy atom. The van der Waals surface area contributed by atoms with Crippen LogP contribution in [0, 0.1) is 6.92 Å². The lowest BCUT2D eigenvalue weighted by molar-refractivity contribution is -0.169. The summed E-state index contributed by atoms with van der Waals surface area (Å²) in [5.74, 6) is 0.475. The Morgan fingerprint density at radius 2 is 2.13 bits per heavy atom. The molecule has 0 N–H and O–H groups in total. The second kappa shape index (κ2) is 6.93. The Hall–Kier alpha value is -2.18. The van der Waals surface area contributed by atoms with Crippen molar-refractivity contribution in [3.63, 3.8) is 0 Å². The van der Waals surface area contributed by atoms with Crippen LogP contribution in [-0.4, -0.2) is 51.5 Å². The molecule has 7 heteroatoms. The van der Waals surface area contributed by atoms with E-state index in [1.54, 1.807) is 37.9 Å². The highest BCUT2D eigenvalue weighted by Crippen LogP contribution is 2.21. The predicted molar refractivity (Wildman–Crippen MR) is 82.8 cm³/mol. The van der Waals surface area contributed by atoms with Gasteiger partial charge in [0.15, 0.2) is 5.60 Å². The zero-order chi connectivity index (χ0) is 17.0. The molecule has 7 nitrogen and oxygen atoms in total. The molecule has 1 aromatic heterocycles. The highest BCUT2D eigenvalue weighted by atomic mass is 16.6. The molecule has 126 valence electrons. The van der Waals surface area contributed by atoms with Crippen LogP contribution in [0.25, 0.3) is 0 Å². The standard InChI is InChI=1S/C16H23N3O4/c1-11-17-8-7-14(18-11)22-13-6-5-9-19(10-13)15(21)16(3,4)23-12(2)20/h7-8,13H,5-6,9-10H2,1-4H3. The first-order valence-electron chi connectivity index (χ1n) is 7.73. The number of hydrogen-bond acceptors (Lipinski definition) is 6. The van der Waals surface area contributed by atoms with Gasteiger partial charge < -0.3 is 14.4 Å². The molecule has 0 bridgehead atoms. The second-order valence-electron chi connectivity index (χ2n) is 6.18. The van der Waals surface area contributed by atoms with Crippen molar-refractivity contribution in [1.82, 2.24) is 14.9 Å². The SMILES string of the molecule is CC(=O)OC(C)(C)C(=O)N1CCCC(Oc2ccnc(C)n2)C1. The van der Waals surface area contributed by atoms with Gasteiger partial charge in [-0.05, 0) is 33.6 Å². The lowest BCUT2D eigenvalue weighted by atomic mass is 10.0. The van der Waals surface area contributed by atoms with Gasteiger partial charge in [-0.1, -0.05) is 0 Å². The monoisotopic (exact) mass is 321 g/mol. The first kappa shape index (κ1) is 17.2. The topological polar surface area (TPSA) is 81.6 Å². The molecule has 0 saturated carbocycles. The molecular formula is C16H23N3O4. The predicted octanol–water partition coefficient (Wildman–Crippen LogP) is 1.50. The molecule has 1 aliphatic heterocycles. The molecule has 0 spiro atoms. The molecule has 1 fully saturated rings. The van der Waals surface area contributed by atoms with Crippen molar-refractivity contribution in [2.75, 3.05) is 13.1 Å². The van der Waals surface area contributed by atoms with E-state index >= 15 is 0 Å². The van der Waals surface area contributed by atoms with E-state index in [-0.39, 0.29) is 12.0 Å². The van der Waals surface area contributed by atoms with Crippen molar-refractivity contribution in [3.8, 4) is 5.88 Å². The first-order chi connectivity index (χ1) is 10.8. The van der Waals surface area contributed by atoms with Crippen LogP contribution in [0.3, 0.4) is 0 Å². The Labute approximate surface area is 136 Å². The first-order valence-corrected chi connectivity index (χ1v) is 7.73. The van der Waals surface area contributed by atoms with Crippen LogP contribution < -0.4 is 4.74 Å². The minimum atomic E-state index is -1.17. The highest BCUT2D eigenvalue weighted by molar-refractivity contribution is 5.86. The van der Waals surface area contributed by atoms with E-state index in [9.17, 15) is 9.59 Å². The van der Waals surface area contributed by atoms with Crippen molar-refractivity contribution < 1.29 is 19.1 Å². The van der Waals surface area contributed by atoms with Gasteiger partial charge >= 0.3 is 5.97 Å². The van der Waals surface area contributed by atoms with E-state index in [4.69, 9.17) is 9.47 Å². The smallest absolute Gasteiger partial charge is 0.303 e. The van der Waals surface area contributed by atoms with Crippen molar-refractivity contribution in [3.05, 3.63) is 18.1 Å². The number of aromatic nitrogens is 2. The summed E-state index contributed by atoms with van der Waals surface area (Å²) in [6, 6.07) is 1.70. The fourth-order valence-electron chi connectivity index (χ4n) is 2.67. The van der Waals surface area contributed by atoms with E-state index in [1.165, 1.54) is 6.92 Å². The molecule has 0 radical (unpaired) electrons. The Kier molecular flexibility index (Phi) is 5.18. The minimum Gasteiger partial charge on any atom is -0.472 e. The lowest BCUT2D eigenvalue weighted by Gasteiger charge is -2.36. The van der Waals surface area contributed by atoms with Gasteiger partial charge in [-0.25, -0.2) is 4.98 Å². The second-order valence-corrected chi connectivity index (χ2v) is 6.18. The van der Waals surface area contributed by atoms with E-state index < -0.39 is 11.6 Å². The van der Waals surface area contributed by atoms with Crippen LogP contribution in [0.1, 0.15) is 39.4 Å². The third-order valence-electron chi connectivity index (χ3n) is 3.62. The van der Waals surface area contributed by atoms with Crippen molar-refractivity contribution >= 4 is 11.9 Å². The van der Waals surface area contributed by atoms with E-state index in [0.29, 0.717) is 24.8 Å². The van der Waals surface area contributed by atoms with Gasteiger partial charge in [-0.15, -0.1) is 0 Å². The number of carbonyl (C=O) groups is 2. The number of piperidine rings is 1. The molecule has 0 aromatic carbocycles. The average molecular weight is 321 g/mol. The number of aryl methyl sites for hydroxylation is 1. The fraction of sp³-hybridized carbons (Fsp3) is 0.625. The van der Waals surface area contributed by atoms with Crippen molar-refractivity contribution in [2.24, 2.45) is 0 Å². The van der Waals surface area contributed by atoms with Gasteiger partial charge in [0.25, 0.3) is 5.91 Å². The van der Waals surface area contributed by atoms with Crippen LogP contribution in [0.15, 0.2) is 12.3 Å². The van der Waals surface area contributed by atoms with Gasteiger partial charge in [0.1, 0.15) is 11.9 Å². The zero-order valence-corrected chi connectivity index (χ0v) is 14.0. The highest BCUT2D eigenvalue weighted by Gasteiger charge is 2.37. The van der Waals surface area contributed by atoms with E-state index in [0.717, 1.165) is 12.8 Å². The van der Waals surface area contributed by atoms with Crippen LogP contribution >= 0.6 is 0 Å². The van der Waals surface area contributed by atoms with Gasteiger partial charge in [-0.3, -0.25) is 9.59 Å². The third kappa shape index (κ3) is 4.64. The molecule has 1 aromatic rings. The summed E-state index contributed by atoms with van der Waals surface area (Å²) >= 11 is 0. The fourth-order valence-corrected chi connectivity index (χ4v) is 2.67. The Balaban J connectivity index is 2.00. The number of nitrogens with zero attached hydrogens (tertiary/aromatic N) is 3. The van der Waals surface area contributed by atoms with Gasteiger partial charge in [0, 0.05) is 25.7 Å².